The Morgan fingerprint density at radius 2 is 1.96 bits per heavy atom. The minimum absolute atomic E-state index is 0.302. The minimum atomic E-state index is -4.77. The molecule has 0 bridgehead atoms. The van der Waals surface area contributed by atoms with Gasteiger partial charge in [0, 0.05) is 11.4 Å². The van der Waals surface area contributed by atoms with Gasteiger partial charge in [-0.25, -0.2) is 4.98 Å². The number of hydrogen-bond donors (Lipinski definition) is 1. The molecule has 4 nitrogen and oxygen atoms in total. The highest BCUT2D eigenvalue weighted by Gasteiger charge is 2.32. The lowest BCUT2D eigenvalue weighted by Crippen LogP contribution is -2.22. The Labute approximate surface area is 159 Å². The van der Waals surface area contributed by atoms with Crippen LogP contribution >= 0.6 is 11.8 Å². The van der Waals surface area contributed by atoms with Gasteiger partial charge < -0.3 is 10.1 Å². The number of nitrogens with one attached hydrogen (secondary N) is 1. The molecule has 0 aliphatic heterocycles. The number of benzene rings is 1. The summed E-state index contributed by atoms with van der Waals surface area (Å²) in [6.07, 6.45) is 0.982. The van der Waals surface area contributed by atoms with E-state index in [2.05, 4.69) is 15.0 Å². The highest BCUT2D eigenvalue weighted by Crippen LogP contribution is 2.41. The molecular weight excluding hydrogens is 377 g/mol. The van der Waals surface area contributed by atoms with Crippen molar-refractivity contribution in [3.63, 3.8) is 0 Å². The fourth-order valence-electron chi connectivity index (χ4n) is 3.01. The Morgan fingerprint density at radius 3 is 2.63 bits per heavy atom. The number of halogens is 3. The largest absolute Gasteiger partial charge is 0.573 e. The molecule has 1 fully saturated rings. The zero-order valence-corrected chi connectivity index (χ0v) is 15.2. The third kappa shape index (κ3) is 5.89. The second-order valence-electron chi connectivity index (χ2n) is 6.25. The van der Waals surface area contributed by atoms with Crippen molar-refractivity contribution >= 4 is 23.5 Å². The van der Waals surface area contributed by atoms with Crippen LogP contribution in [-0.4, -0.2) is 22.5 Å². The number of alkyl halides is 3. The van der Waals surface area contributed by atoms with Crippen molar-refractivity contribution in [3.05, 3.63) is 54.2 Å². The minimum Gasteiger partial charge on any atom is -0.406 e. The van der Waals surface area contributed by atoms with Crippen LogP contribution in [0.5, 0.6) is 5.75 Å². The van der Waals surface area contributed by atoms with Gasteiger partial charge in [-0.05, 0) is 42.7 Å². The maximum absolute atomic E-state index is 12.9. The maximum Gasteiger partial charge on any atom is 0.573 e. The summed E-state index contributed by atoms with van der Waals surface area (Å²) in [5, 5.41) is 2.40. The van der Waals surface area contributed by atoms with Crippen LogP contribution in [0.25, 0.3) is 0 Å². The first-order valence-electron chi connectivity index (χ1n) is 8.64. The third-order valence-corrected chi connectivity index (χ3v) is 5.79. The van der Waals surface area contributed by atoms with Crippen LogP contribution in [0.3, 0.4) is 0 Å². The number of amides is 1. The number of rotatable bonds is 6. The van der Waals surface area contributed by atoms with E-state index in [1.165, 1.54) is 30.0 Å². The zero-order valence-electron chi connectivity index (χ0n) is 14.4. The lowest BCUT2D eigenvalue weighted by atomic mass is 10.1. The molecule has 1 aromatic heterocycles. The first kappa shape index (κ1) is 19.5. The maximum atomic E-state index is 12.9. The van der Waals surface area contributed by atoms with Gasteiger partial charge in [-0.3, -0.25) is 4.79 Å². The third-order valence-electron chi connectivity index (χ3n) is 4.18. The Hall–Kier alpha value is -2.22. The molecule has 0 radical (unpaired) electrons. The van der Waals surface area contributed by atoms with Crippen LogP contribution in [0.2, 0.25) is 0 Å². The van der Waals surface area contributed by atoms with E-state index in [4.69, 9.17) is 0 Å². The van der Waals surface area contributed by atoms with Gasteiger partial charge in [0.25, 0.3) is 0 Å². The van der Waals surface area contributed by atoms with Crippen molar-refractivity contribution in [1.82, 2.24) is 4.98 Å². The van der Waals surface area contributed by atoms with E-state index in [-0.39, 0.29) is 11.7 Å². The van der Waals surface area contributed by atoms with Crippen LogP contribution in [-0.2, 0) is 4.79 Å². The number of pyridine rings is 1. The number of hydrogen-bond acceptors (Lipinski definition) is 4. The molecule has 0 spiro atoms. The summed E-state index contributed by atoms with van der Waals surface area (Å²) in [4.78, 5) is 16.9. The first-order valence-corrected chi connectivity index (χ1v) is 9.58. The molecule has 1 heterocycles. The van der Waals surface area contributed by atoms with Gasteiger partial charge in [0.15, 0.2) is 0 Å². The molecule has 2 aromatic rings. The molecule has 1 aromatic carbocycles. The van der Waals surface area contributed by atoms with E-state index in [9.17, 15) is 18.0 Å². The van der Waals surface area contributed by atoms with Crippen molar-refractivity contribution in [1.29, 1.82) is 0 Å². The fourth-order valence-corrected chi connectivity index (χ4v) is 4.49. The molecule has 1 aliphatic carbocycles. The number of carbonyl (C=O) groups is 1. The van der Waals surface area contributed by atoms with Crippen molar-refractivity contribution in [2.75, 3.05) is 5.32 Å². The lowest BCUT2D eigenvalue weighted by Gasteiger charge is -2.21. The van der Waals surface area contributed by atoms with E-state index in [1.807, 2.05) is 0 Å². The van der Waals surface area contributed by atoms with Crippen molar-refractivity contribution in [2.45, 2.75) is 42.5 Å². The van der Waals surface area contributed by atoms with Crippen molar-refractivity contribution in [3.8, 4) is 5.75 Å². The van der Waals surface area contributed by atoms with Crippen LogP contribution < -0.4 is 10.1 Å². The molecule has 0 saturated heterocycles. The molecule has 8 heteroatoms. The normalized spacial score (nSPS) is 16.1. The SMILES string of the molecule is O=C(Nc1ccccn1)C(SC1CCCC1)c1cccc(OC(F)(F)F)c1. The van der Waals surface area contributed by atoms with Crippen LogP contribution in [0.4, 0.5) is 19.0 Å². The van der Waals surface area contributed by atoms with E-state index < -0.39 is 11.6 Å². The van der Waals surface area contributed by atoms with Gasteiger partial charge in [-0.2, -0.15) is 0 Å². The summed E-state index contributed by atoms with van der Waals surface area (Å²) in [7, 11) is 0. The Kier molecular flexibility index (Phi) is 6.26. The molecule has 1 atom stereocenters. The number of aromatic nitrogens is 1. The van der Waals surface area contributed by atoms with Gasteiger partial charge in [0.05, 0.1) is 0 Å². The monoisotopic (exact) mass is 396 g/mol. The molecule has 1 N–H and O–H groups in total. The van der Waals surface area contributed by atoms with Gasteiger partial charge in [-0.15, -0.1) is 24.9 Å². The number of ether oxygens (including phenoxy) is 1. The highest BCUT2D eigenvalue weighted by atomic mass is 32.2. The predicted molar refractivity (Wildman–Crippen MR) is 98.6 cm³/mol. The fraction of sp³-hybridized carbons (Fsp3) is 0.368. The zero-order chi connectivity index (χ0) is 19.3. The van der Waals surface area contributed by atoms with E-state index in [1.54, 1.807) is 30.5 Å². The second-order valence-corrected chi connectivity index (χ2v) is 7.66. The lowest BCUT2D eigenvalue weighted by molar-refractivity contribution is -0.274. The summed E-state index contributed by atoms with van der Waals surface area (Å²) in [5.41, 5.74) is 0.474. The number of carbonyl (C=O) groups excluding carboxylic acids is 1. The molecular formula is C19H19F3N2O2S. The topological polar surface area (TPSA) is 51.2 Å². The second kappa shape index (κ2) is 8.65. The van der Waals surface area contributed by atoms with Gasteiger partial charge in [0.1, 0.15) is 16.8 Å². The molecule has 1 saturated carbocycles. The predicted octanol–water partition coefficient (Wildman–Crippen LogP) is 5.34. The summed E-state index contributed by atoms with van der Waals surface area (Å²) in [6, 6.07) is 10.8. The Morgan fingerprint density at radius 1 is 1.19 bits per heavy atom. The van der Waals surface area contributed by atoms with Crippen molar-refractivity contribution < 1.29 is 22.7 Å². The Balaban J connectivity index is 1.82. The van der Waals surface area contributed by atoms with Crippen molar-refractivity contribution in [2.24, 2.45) is 0 Å². The quantitative estimate of drug-likeness (QED) is 0.717. The number of anilines is 1. The number of nitrogens with zero attached hydrogens (tertiary/aromatic N) is 1. The standard InChI is InChI=1S/C19H19F3N2O2S/c20-19(21,22)26-14-7-5-6-13(12-14)17(27-15-8-1-2-9-15)18(25)24-16-10-3-4-11-23-16/h3-7,10-12,15,17H,1-2,8-9H2,(H,23,24,25). The van der Waals surface area contributed by atoms with Crippen LogP contribution in [0, 0.1) is 0 Å². The smallest absolute Gasteiger partial charge is 0.406 e. The summed E-state index contributed by atoms with van der Waals surface area (Å²) in [5.74, 6) is -0.236. The summed E-state index contributed by atoms with van der Waals surface area (Å²) < 4.78 is 41.6. The van der Waals surface area contributed by atoms with Crippen LogP contribution in [0.15, 0.2) is 48.7 Å². The highest BCUT2D eigenvalue weighted by molar-refractivity contribution is 8.00. The first-order chi connectivity index (χ1) is 12.9. The average Bonchev–Trinajstić information content (AvgIpc) is 3.12. The van der Waals surface area contributed by atoms with E-state index in [0.717, 1.165) is 25.7 Å². The Bertz CT molecular complexity index is 765. The molecule has 1 amide bonds. The summed E-state index contributed by atoms with van der Waals surface area (Å²) in [6.45, 7) is 0. The molecule has 27 heavy (non-hydrogen) atoms. The summed E-state index contributed by atoms with van der Waals surface area (Å²) >= 11 is 1.48. The van der Waals surface area contributed by atoms with Crippen LogP contribution in [0.1, 0.15) is 36.5 Å². The average molecular weight is 396 g/mol. The van der Waals surface area contributed by atoms with Gasteiger partial charge in [0.2, 0.25) is 5.91 Å². The van der Waals surface area contributed by atoms with Gasteiger partial charge in [-0.1, -0.05) is 31.0 Å². The van der Waals surface area contributed by atoms with Gasteiger partial charge >= 0.3 is 6.36 Å². The van der Waals surface area contributed by atoms with E-state index in [0.29, 0.717) is 16.6 Å². The molecule has 1 unspecified atom stereocenters. The molecule has 1 aliphatic rings. The molecule has 3 rings (SSSR count). The molecule has 144 valence electrons. The van der Waals surface area contributed by atoms with E-state index >= 15 is 0 Å². The number of thioether (sulfide) groups is 1.